The van der Waals surface area contributed by atoms with Crippen molar-refractivity contribution < 1.29 is 29.0 Å². The molecule has 4 aromatic carbocycles. The third-order valence-corrected chi connectivity index (χ3v) is 8.26. The summed E-state index contributed by atoms with van der Waals surface area (Å²) in [5.74, 6) is -4.15. The van der Waals surface area contributed by atoms with Gasteiger partial charge in [0.2, 0.25) is 11.8 Å². The number of oxazole rings is 1. The lowest BCUT2D eigenvalue weighted by Gasteiger charge is -2.36. The minimum Gasteiger partial charge on any atom is -0.481 e. The van der Waals surface area contributed by atoms with Crippen molar-refractivity contribution in [2.45, 2.75) is 44.7 Å². The molecule has 0 aliphatic heterocycles. The van der Waals surface area contributed by atoms with E-state index in [4.69, 9.17) is 16.0 Å². The molecule has 1 amide bonds. The molecule has 0 spiro atoms. The number of nitrogens with zero attached hydrogens (tertiary/aromatic N) is 2. The lowest BCUT2D eigenvalue weighted by Crippen LogP contribution is -2.43. The van der Waals surface area contributed by atoms with Crippen LogP contribution in [0, 0.1) is 5.92 Å². The van der Waals surface area contributed by atoms with Crippen molar-refractivity contribution >= 4 is 57.4 Å². The van der Waals surface area contributed by atoms with Crippen molar-refractivity contribution in [3.05, 3.63) is 119 Å². The van der Waals surface area contributed by atoms with Crippen molar-refractivity contribution in [1.82, 2.24) is 9.88 Å². The summed E-state index contributed by atoms with van der Waals surface area (Å²) in [7, 11) is 0. The first-order valence-corrected chi connectivity index (χ1v) is 15.0. The average Bonchev–Trinajstić information content (AvgIpc) is 3.44. The van der Waals surface area contributed by atoms with Crippen LogP contribution in [0.5, 0.6) is 0 Å². The Morgan fingerprint density at radius 2 is 1.62 bits per heavy atom. The van der Waals surface area contributed by atoms with Gasteiger partial charge in [-0.25, -0.2) is 4.98 Å². The van der Waals surface area contributed by atoms with E-state index in [1.807, 2.05) is 91.9 Å². The van der Waals surface area contributed by atoms with Gasteiger partial charge in [-0.15, -0.1) is 0 Å². The van der Waals surface area contributed by atoms with E-state index in [1.54, 1.807) is 23.1 Å². The summed E-state index contributed by atoms with van der Waals surface area (Å²) in [5.41, 5.74) is 3.24. The number of para-hydroxylation sites is 2. The molecule has 8 nitrogen and oxygen atoms in total. The zero-order chi connectivity index (χ0) is 31.9. The van der Waals surface area contributed by atoms with Crippen LogP contribution in [0.1, 0.15) is 49.1 Å². The fourth-order valence-corrected chi connectivity index (χ4v) is 5.72. The number of fused-ring (bicyclic) bond motifs is 2. The van der Waals surface area contributed by atoms with E-state index in [9.17, 15) is 24.6 Å². The standard InChI is InChI=1S/C36H33ClN2O6/c1-23(30(26-15-17-29(37)18-16-26)9-6-12-33-38-31-10-4-5-11-32(31)45-33)39(34(40)20-28(36(43)44)21-35(41)42)22-24-13-14-25-7-2-3-8-27(25)19-24/h2-8,10-19,23,28,30H,9,20-22H2,1H3,(H,41,42)(H,43,44)/b12-6-. The fraction of sp³-hybridized carbons (Fsp3) is 0.222. The number of hydrogen-bond donors (Lipinski definition) is 2. The number of halogens is 1. The second kappa shape index (κ2) is 14.2. The molecular formula is C36H33ClN2O6. The molecule has 9 heteroatoms. The number of aliphatic carboxylic acids is 2. The number of carboxylic acid groups (broad SMARTS) is 2. The number of hydrogen-bond acceptors (Lipinski definition) is 5. The number of carbonyl (C=O) groups is 3. The number of benzene rings is 4. The number of amides is 1. The Morgan fingerprint density at radius 3 is 2.33 bits per heavy atom. The third kappa shape index (κ3) is 7.96. The van der Waals surface area contributed by atoms with E-state index in [0.717, 1.165) is 27.4 Å². The van der Waals surface area contributed by atoms with Crippen molar-refractivity contribution in [2.24, 2.45) is 5.92 Å². The molecule has 3 unspecified atom stereocenters. The maximum Gasteiger partial charge on any atom is 0.307 e. The Morgan fingerprint density at radius 1 is 0.911 bits per heavy atom. The number of carbonyl (C=O) groups excluding carboxylic acids is 1. The van der Waals surface area contributed by atoms with Gasteiger partial charge in [-0.3, -0.25) is 14.4 Å². The summed E-state index contributed by atoms with van der Waals surface area (Å²) in [6.45, 7) is 2.14. The Hall–Kier alpha value is -4.95. The highest BCUT2D eigenvalue weighted by Gasteiger charge is 2.32. The van der Waals surface area contributed by atoms with E-state index in [0.29, 0.717) is 22.9 Å². The summed E-state index contributed by atoms with van der Waals surface area (Å²) in [4.78, 5) is 43.5. The molecule has 5 aromatic rings. The number of allylic oxidation sites excluding steroid dienone is 1. The van der Waals surface area contributed by atoms with Crippen LogP contribution in [-0.2, 0) is 20.9 Å². The van der Waals surface area contributed by atoms with Crippen molar-refractivity contribution in [3.8, 4) is 0 Å². The predicted octanol–water partition coefficient (Wildman–Crippen LogP) is 7.80. The molecule has 0 saturated carbocycles. The first-order valence-electron chi connectivity index (χ1n) is 14.7. The molecule has 0 aliphatic carbocycles. The molecule has 1 aromatic heterocycles. The fourth-order valence-electron chi connectivity index (χ4n) is 5.59. The Labute approximate surface area is 265 Å². The zero-order valence-electron chi connectivity index (χ0n) is 24.7. The van der Waals surface area contributed by atoms with E-state index in [1.165, 1.54) is 0 Å². The van der Waals surface area contributed by atoms with Crippen LogP contribution in [0.25, 0.3) is 27.9 Å². The average molecular weight is 625 g/mol. The van der Waals surface area contributed by atoms with Crippen LogP contribution in [0.3, 0.4) is 0 Å². The van der Waals surface area contributed by atoms with Crippen LogP contribution in [0.4, 0.5) is 0 Å². The van der Waals surface area contributed by atoms with Crippen LogP contribution < -0.4 is 0 Å². The second-order valence-corrected chi connectivity index (χ2v) is 11.5. The largest absolute Gasteiger partial charge is 0.481 e. The highest BCUT2D eigenvalue weighted by atomic mass is 35.5. The summed E-state index contributed by atoms with van der Waals surface area (Å²) in [6, 6.07) is 28.4. The molecule has 230 valence electrons. The molecule has 1 heterocycles. The van der Waals surface area contributed by atoms with Crippen LogP contribution >= 0.6 is 11.6 Å². The molecule has 0 fully saturated rings. The van der Waals surface area contributed by atoms with Gasteiger partial charge < -0.3 is 19.5 Å². The van der Waals surface area contributed by atoms with Crippen molar-refractivity contribution in [3.63, 3.8) is 0 Å². The molecule has 45 heavy (non-hydrogen) atoms. The van der Waals surface area contributed by atoms with Gasteiger partial charge >= 0.3 is 11.9 Å². The van der Waals surface area contributed by atoms with Crippen LogP contribution in [-0.4, -0.2) is 44.0 Å². The Bertz CT molecular complexity index is 1810. The van der Waals surface area contributed by atoms with E-state index in [2.05, 4.69) is 4.98 Å². The van der Waals surface area contributed by atoms with Gasteiger partial charge in [-0.05, 0) is 71.7 Å². The molecule has 0 radical (unpaired) electrons. The lowest BCUT2D eigenvalue weighted by atomic mass is 9.87. The minimum absolute atomic E-state index is 0.211. The van der Waals surface area contributed by atoms with Crippen LogP contribution in [0.2, 0.25) is 5.02 Å². The molecule has 2 N–H and O–H groups in total. The quantitative estimate of drug-likeness (QED) is 0.137. The second-order valence-electron chi connectivity index (χ2n) is 11.1. The summed E-state index contributed by atoms with van der Waals surface area (Å²) < 4.78 is 5.85. The lowest BCUT2D eigenvalue weighted by molar-refractivity contribution is -0.151. The van der Waals surface area contributed by atoms with E-state index < -0.39 is 42.6 Å². The van der Waals surface area contributed by atoms with E-state index >= 15 is 0 Å². The van der Waals surface area contributed by atoms with Gasteiger partial charge in [0, 0.05) is 29.9 Å². The van der Waals surface area contributed by atoms with Gasteiger partial charge in [0.1, 0.15) is 5.52 Å². The summed E-state index contributed by atoms with van der Waals surface area (Å²) in [6.07, 6.45) is 3.17. The van der Waals surface area contributed by atoms with Crippen molar-refractivity contribution in [2.75, 3.05) is 0 Å². The number of rotatable bonds is 13. The maximum atomic E-state index is 13.9. The Kier molecular flexibility index (Phi) is 9.95. The summed E-state index contributed by atoms with van der Waals surface area (Å²) in [5, 5.41) is 21.7. The third-order valence-electron chi connectivity index (χ3n) is 8.01. The molecule has 0 aliphatic rings. The van der Waals surface area contributed by atoms with Gasteiger partial charge in [-0.2, -0.15) is 0 Å². The SMILES string of the molecule is CC(C(C/C=C\c1nc2ccccc2o1)c1ccc(Cl)cc1)N(Cc1ccc2ccccc2c1)C(=O)CC(CC(=O)O)C(=O)O. The zero-order valence-corrected chi connectivity index (χ0v) is 25.4. The highest BCUT2D eigenvalue weighted by molar-refractivity contribution is 6.30. The number of aromatic nitrogens is 1. The topological polar surface area (TPSA) is 121 Å². The first kappa shape index (κ1) is 31.5. The molecule has 3 atom stereocenters. The van der Waals surface area contributed by atoms with Crippen molar-refractivity contribution in [1.29, 1.82) is 0 Å². The predicted molar refractivity (Wildman–Crippen MR) is 174 cm³/mol. The summed E-state index contributed by atoms with van der Waals surface area (Å²) >= 11 is 6.21. The number of carboxylic acids is 2. The van der Waals surface area contributed by atoms with Gasteiger partial charge in [-0.1, -0.05) is 78.3 Å². The van der Waals surface area contributed by atoms with Gasteiger partial charge in [0.15, 0.2) is 5.58 Å². The monoisotopic (exact) mass is 624 g/mol. The molecule has 0 bridgehead atoms. The van der Waals surface area contributed by atoms with Crippen LogP contribution in [0.15, 0.2) is 101 Å². The Balaban J connectivity index is 1.48. The minimum atomic E-state index is -1.35. The normalized spacial score (nSPS) is 13.6. The molecule has 5 rings (SSSR count). The van der Waals surface area contributed by atoms with Gasteiger partial charge in [0.05, 0.1) is 12.3 Å². The molecule has 0 saturated heterocycles. The van der Waals surface area contributed by atoms with Gasteiger partial charge in [0.25, 0.3) is 0 Å². The highest BCUT2D eigenvalue weighted by Crippen LogP contribution is 2.32. The first-order chi connectivity index (χ1) is 21.7. The maximum absolute atomic E-state index is 13.9. The smallest absolute Gasteiger partial charge is 0.307 e. The molecular weight excluding hydrogens is 592 g/mol. The van der Waals surface area contributed by atoms with E-state index in [-0.39, 0.29) is 12.5 Å².